The Bertz CT molecular complexity index is 807. The Morgan fingerprint density at radius 2 is 2.00 bits per heavy atom. The molecule has 1 spiro atoms. The first-order valence-electron chi connectivity index (χ1n) is 9.24. The van der Waals surface area contributed by atoms with Crippen molar-refractivity contribution in [3.8, 4) is 0 Å². The zero-order valence-corrected chi connectivity index (χ0v) is 15.8. The number of likely N-dealkylation sites (tertiary alicyclic amines) is 1. The second-order valence-electron chi connectivity index (χ2n) is 7.45. The second-order valence-corrected chi connectivity index (χ2v) is 8.23. The van der Waals surface area contributed by atoms with Gasteiger partial charge in [0.1, 0.15) is 0 Å². The van der Waals surface area contributed by atoms with Crippen molar-refractivity contribution < 1.29 is 9.59 Å². The van der Waals surface area contributed by atoms with Gasteiger partial charge in [-0.2, -0.15) is 11.3 Å². The number of nitrogens with one attached hydrogen (secondary N) is 1. The summed E-state index contributed by atoms with van der Waals surface area (Å²) in [6.07, 6.45) is 3.52. The predicted molar refractivity (Wildman–Crippen MR) is 104 cm³/mol. The average Bonchev–Trinajstić information content (AvgIpc) is 3.30. The molecule has 0 bridgehead atoms. The highest BCUT2D eigenvalue weighted by Gasteiger charge is 2.46. The Labute approximate surface area is 158 Å². The highest BCUT2D eigenvalue weighted by molar-refractivity contribution is 7.08. The lowest BCUT2D eigenvalue weighted by Gasteiger charge is -2.40. The third kappa shape index (κ3) is 2.94. The number of rotatable bonds is 3. The van der Waals surface area contributed by atoms with E-state index in [1.165, 1.54) is 11.1 Å². The van der Waals surface area contributed by atoms with Crippen molar-refractivity contribution in [3.05, 3.63) is 57.8 Å². The third-order valence-electron chi connectivity index (χ3n) is 6.10. The van der Waals surface area contributed by atoms with Crippen LogP contribution in [0.25, 0.3) is 0 Å². The van der Waals surface area contributed by atoms with Gasteiger partial charge in [-0.1, -0.05) is 24.3 Å². The first-order valence-corrected chi connectivity index (χ1v) is 10.2. The van der Waals surface area contributed by atoms with Gasteiger partial charge >= 0.3 is 0 Å². The van der Waals surface area contributed by atoms with Crippen LogP contribution in [0.15, 0.2) is 41.1 Å². The molecule has 5 heteroatoms. The molecule has 0 saturated carbocycles. The largest absolute Gasteiger partial charge is 0.359 e. The molecule has 136 valence electrons. The summed E-state index contributed by atoms with van der Waals surface area (Å²) in [6.45, 7) is 1.57. The maximum atomic E-state index is 12.6. The lowest BCUT2D eigenvalue weighted by Crippen LogP contribution is -2.44. The number of hydrogen-bond donors (Lipinski definition) is 1. The van der Waals surface area contributed by atoms with Crippen LogP contribution in [0.4, 0.5) is 0 Å². The summed E-state index contributed by atoms with van der Waals surface area (Å²) >= 11 is 1.56. The monoisotopic (exact) mass is 368 g/mol. The number of amides is 2. The standard InChI is InChI=1S/C21H24N2O2S/c1-22-19(24)12-16-13-21(18-5-3-2-4-17(16)18)7-9-23(10-8-21)20(25)15-6-11-26-14-15/h2-6,11,14,16H,7-10,12-13H2,1H3,(H,22,24). The van der Waals surface area contributed by atoms with Crippen molar-refractivity contribution in [2.45, 2.75) is 37.0 Å². The van der Waals surface area contributed by atoms with E-state index in [1.807, 2.05) is 21.7 Å². The topological polar surface area (TPSA) is 49.4 Å². The van der Waals surface area contributed by atoms with E-state index in [-0.39, 0.29) is 23.1 Å². The van der Waals surface area contributed by atoms with E-state index in [4.69, 9.17) is 0 Å². The third-order valence-corrected chi connectivity index (χ3v) is 6.78. The van der Waals surface area contributed by atoms with Crippen molar-refractivity contribution in [1.29, 1.82) is 0 Å². The van der Waals surface area contributed by atoms with Gasteiger partial charge in [-0.3, -0.25) is 9.59 Å². The minimum atomic E-state index is 0.104. The maximum Gasteiger partial charge on any atom is 0.254 e. The average molecular weight is 369 g/mol. The minimum absolute atomic E-state index is 0.104. The van der Waals surface area contributed by atoms with Crippen LogP contribution < -0.4 is 5.32 Å². The van der Waals surface area contributed by atoms with E-state index < -0.39 is 0 Å². The van der Waals surface area contributed by atoms with Crippen molar-refractivity contribution in [3.63, 3.8) is 0 Å². The number of piperidine rings is 1. The van der Waals surface area contributed by atoms with E-state index >= 15 is 0 Å². The fourth-order valence-electron chi connectivity index (χ4n) is 4.72. The van der Waals surface area contributed by atoms with Crippen LogP contribution in [0.1, 0.15) is 53.1 Å². The first-order chi connectivity index (χ1) is 12.6. The molecule has 1 aromatic heterocycles. The van der Waals surface area contributed by atoms with Gasteiger partial charge in [0, 0.05) is 31.9 Å². The van der Waals surface area contributed by atoms with Crippen molar-refractivity contribution >= 4 is 23.2 Å². The fourth-order valence-corrected chi connectivity index (χ4v) is 5.35. The predicted octanol–water partition coefficient (Wildman–Crippen LogP) is 3.55. The lowest BCUT2D eigenvalue weighted by molar-refractivity contribution is -0.121. The highest BCUT2D eigenvalue weighted by Crippen LogP contribution is 2.52. The highest BCUT2D eigenvalue weighted by atomic mass is 32.1. The van der Waals surface area contributed by atoms with Gasteiger partial charge in [-0.15, -0.1) is 0 Å². The molecule has 2 aromatic rings. The van der Waals surface area contributed by atoms with Crippen LogP contribution in [0.5, 0.6) is 0 Å². The molecule has 4 rings (SSSR count). The van der Waals surface area contributed by atoms with Crippen LogP contribution in [-0.2, 0) is 10.2 Å². The molecule has 1 aromatic carbocycles. The van der Waals surface area contributed by atoms with E-state index in [0.29, 0.717) is 6.42 Å². The smallest absolute Gasteiger partial charge is 0.254 e. The molecule has 1 saturated heterocycles. The summed E-state index contributed by atoms with van der Waals surface area (Å²) in [5, 5.41) is 6.64. The molecule has 1 unspecified atom stereocenters. The fraction of sp³-hybridized carbons (Fsp3) is 0.429. The first kappa shape index (κ1) is 17.3. The molecule has 4 nitrogen and oxygen atoms in total. The molecular weight excluding hydrogens is 344 g/mol. The number of thiophene rings is 1. The van der Waals surface area contributed by atoms with Gasteiger partial charge < -0.3 is 10.2 Å². The van der Waals surface area contributed by atoms with Crippen LogP contribution in [0.3, 0.4) is 0 Å². The van der Waals surface area contributed by atoms with Crippen molar-refractivity contribution in [2.24, 2.45) is 0 Å². The normalized spacial score (nSPS) is 20.8. The molecule has 1 aliphatic carbocycles. The Hall–Kier alpha value is -2.14. The molecule has 2 amide bonds. The maximum absolute atomic E-state index is 12.6. The lowest BCUT2D eigenvalue weighted by atomic mass is 9.73. The molecule has 2 aliphatic rings. The van der Waals surface area contributed by atoms with E-state index in [9.17, 15) is 9.59 Å². The number of nitrogens with zero attached hydrogens (tertiary/aromatic N) is 1. The molecule has 1 aliphatic heterocycles. The molecule has 1 atom stereocenters. The van der Waals surface area contributed by atoms with Crippen LogP contribution >= 0.6 is 11.3 Å². The molecule has 1 N–H and O–H groups in total. The summed E-state index contributed by atoms with van der Waals surface area (Å²) in [5.74, 6) is 0.534. The second kappa shape index (κ2) is 6.88. The SMILES string of the molecule is CNC(=O)CC1CC2(CCN(C(=O)c3ccsc3)CC2)c2ccccc21. The van der Waals surface area contributed by atoms with Gasteiger partial charge in [-0.05, 0) is 53.2 Å². The van der Waals surface area contributed by atoms with Crippen LogP contribution in [-0.4, -0.2) is 36.9 Å². The molecule has 0 radical (unpaired) electrons. The summed E-state index contributed by atoms with van der Waals surface area (Å²) in [5.41, 5.74) is 3.64. The van der Waals surface area contributed by atoms with Crippen molar-refractivity contribution in [2.75, 3.05) is 20.1 Å². The number of carbonyl (C=O) groups is 2. The van der Waals surface area contributed by atoms with E-state index in [0.717, 1.165) is 37.9 Å². The molecular formula is C21H24N2O2S. The summed E-state index contributed by atoms with van der Waals surface area (Å²) in [4.78, 5) is 26.6. The molecule has 1 fully saturated rings. The van der Waals surface area contributed by atoms with E-state index in [1.54, 1.807) is 18.4 Å². The van der Waals surface area contributed by atoms with E-state index in [2.05, 4.69) is 29.6 Å². The van der Waals surface area contributed by atoms with Gasteiger partial charge in [0.05, 0.1) is 5.56 Å². The van der Waals surface area contributed by atoms with Gasteiger partial charge in [0.2, 0.25) is 5.91 Å². The van der Waals surface area contributed by atoms with Gasteiger partial charge in [0.15, 0.2) is 0 Å². The Morgan fingerprint density at radius 1 is 1.23 bits per heavy atom. The minimum Gasteiger partial charge on any atom is -0.359 e. The van der Waals surface area contributed by atoms with Crippen LogP contribution in [0, 0.1) is 0 Å². The van der Waals surface area contributed by atoms with Gasteiger partial charge in [-0.25, -0.2) is 0 Å². The number of benzene rings is 1. The Balaban J connectivity index is 1.53. The number of fused-ring (bicyclic) bond motifs is 2. The number of hydrogen-bond acceptors (Lipinski definition) is 3. The summed E-state index contributed by atoms with van der Waals surface area (Å²) < 4.78 is 0. The summed E-state index contributed by atoms with van der Waals surface area (Å²) in [7, 11) is 1.70. The number of carbonyl (C=O) groups excluding carboxylic acids is 2. The Morgan fingerprint density at radius 3 is 2.69 bits per heavy atom. The zero-order chi connectivity index (χ0) is 18.1. The zero-order valence-electron chi connectivity index (χ0n) is 15.0. The quantitative estimate of drug-likeness (QED) is 0.901. The van der Waals surface area contributed by atoms with Crippen molar-refractivity contribution in [1.82, 2.24) is 10.2 Å². The summed E-state index contributed by atoms with van der Waals surface area (Å²) in [6, 6.07) is 10.5. The molecule has 26 heavy (non-hydrogen) atoms. The Kier molecular flexibility index (Phi) is 4.57. The molecule has 2 heterocycles. The van der Waals surface area contributed by atoms with Crippen LogP contribution in [0.2, 0.25) is 0 Å². The van der Waals surface area contributed by atoms with Gasteiger partial charge in [0.25, 0.3) is 5.91 Å².